The Morgan fingerprint density at radius 2 is 1.85 bits per heavy atom. The molecule has 0 aliphatic heterocycles. The smallest absolute Gasteiger partial charge is 0.134 e. The summed E-state index contributed by atoms with van der Waals surface area (Å²) in [6.45, 7) is 4.46. The highest BCUT2D eigenvalue weighted by Crippen LogP contribution is 2.27. The fourth-order valence-electron chi connectivity index (χ4n) is 2.52. The third kappa shape index (κ3) is 4.58. The highest BCUT2D eigenvalue weighted by Gasteiger charge is 2.04. The summed E-state index contributed by atoms with van der Waals surface area (Å²) in [7, 11) is 0. The van der Waals surface area contributed by atoms with Gasteiger partial charge in [0.15, 0.2) is 0 Å². The van der Waals surface area contributed by atoms with Crippen molar-refractivity contribution >= 4 is 27.8 Å². The minimum atomic E-state index is -0.261. The minimum absolute atomic E-state index is 0.261. The number of aliphatic imine (C=N–C) groups is 1. The number of hydrogen-bond donors (Lipinski definition) is 0. The van der Waals surface area contributed by atoms with Crippen molar-refractivity contribution in [3.05, 3.63) is 93.2 Å². The first-order valence-corrected chi connectivity index (χ1v) is 9.09. The first-order chi connectivity index (χ1) is 12.5. The van der Waals surface area contributed by atoms with Crippen molar-refractivity contribution in [2.24, 2.45) is 4.99 Å². The molecular formula is C22H19BrFNO. The molecule has 0 N–H and O–H groups in total. The molecule has 132 valence electrons. The van der Waals surface area contributed by atoms with Crippen molar-refractivity contribution in [3.8, 4) is 5.75 Å². The SMILES string of the molecule is Cc1cccc(N=Cc2ccc(OCc3cccc(F)c3)c(Br)c2)c1C. The Morgan fingerprint density at radius 3 is 2.62 bits per heavy atom. The van der Waals surface area contributed by atoms with E-state index in [1.54, 1.807) is 6.07 Å². The van der Waals surface area contributed by atoms with Gasteiger partial charge in [0.25, 0.3) is 0 Å². The molecule has 4 heteroatoms. The average Bonchev–Trinajstić information content (AvgIpc) is 2.62. The molecule has 26 heavy (non-hydrogen) atoms. The maximum absolute atomic E-state index is 13.2. The Labute approximate surface area is 161 Å². The van der Waals surface area contributed by atoms with Crippen molar-refractivity contribution in [2.45, 2.75) is 20.5 Å². The predicted octanol–water partition coefficient (Wildman–Crippen LogP) is 6.53. The van der Waals surface area contributed by atoms with E-state index in [9.17, 15) is 4.39 Å². The molecule has 2 nitrogen and oxygen atoms in total. The molecule has 0 aliphatic carbocycles. The Balaban J connectivity index is 1.71. The van der Waals surface area contributed by atoms with Gasteiger partial charge in [-0.05, 0) is 88.4 Å². The maximum Gasteiger partial charge on any atom is 0.134 e. The van der Waals surface area contributed by atoms with Gasteiger partial charge in [0.2, 0.25) is 0 Å². The maximum atomic E-state index is 13.2. The lowest BCUT2D eigenvalue weighted by atomic mass is 10.1. The largest absolute Gasteiger partial charge is 0.488 e. The van der Waals surface area contributed by atoms with Gasteiger partial charge >= 0.3 is 0 Å². The molecule has 0 heterocycles. The molecule has 3 aromatic rings. The second-order valence-corrected chi connectivity index (χ2v) is 6.94. The number of nitrogens with zero attached hydrogens (tertiary/aromatic N) is 1. The van der Waals surface area contributed by atoms with Gasteiger partial charge in [-0.3, -0.25) is 4.99 Å². The first-order valence-electron chi connectivity index (χ1n) is 8.30. The zero-order valence-corrected chi connectivity index (χ0v) is 16.3. The summed E-state index contributed by atoms with van der Waals surface area (Å²) in [6, 6.07) is 18.3. The van der Waals surface area contributed by atoms with E-state index in [4.69, 9.17) is 4.74 Å². The molecular weight excluding hydrogens is 393 g/mol. The van der Waals surface area contributed by atoms with Crippen LogP contribution in [0.15, 0.2) is 70.1 Å². The molecule has 0 radical (unpaired) electrons. The fraction of sp³-hybridized carbons (Fsp3) is 0.136. The zero-order chi connectivity index (χ0) is 18.5. The molecule has 0 unspecified atom stereocenters. The van der Waals surface area contributed by atoms with Gasteiger partial charge in [-0.1, -0.05) is 24.3 Å². The van der Waals surface area contributed by atoms with E-state index >= 15 is 0 Å². The van der Waals surface area contributed by atoms with Gasteiger partial charge in [-0.15, -0.1) is 0 Å². The van der Waals surface area contributed by atoms with Crippen molar-refractivity contribution in [2.75, 3.05) is 0 Å². The van der Waals surface area contributed by atoms with Crippen LogP contribution in [0.4, 0.5) is 10.1 Å². The van der Waals surface area contributed by atoms with E-state index in [-0.39, 0.29) is 5.82 Å². The normalized spacial score (nSPS) is 11.1. The summed E-state index contributed by atoms with van der Waals surface area (Å²) in [4.78, 5) is 4.58. The van der Waals surface area contributed by atoms with E-state index in [1.807, 2.05) is 42.6 Å². The topological polar surface area (TPSA) is 21.6 Å². The van der Waals surface area contributed by atoms with E-state index in [1.165, 1.54) is 23.3 Å². The van der Waals surface area contributed by atoms with Crippen LogP contribution in [0.3, 0.4) is 0 Å². The molecule has 0 atom stereocenters. The number of ether oxygens (including phenoxy) is 1. The van der Waals surface area contributed by atoms with Crippen molar-refractivity contribution < 1.29 is 9.13 Å². The summed E-state index contributed by atoms with van der Waals surface area (Å²) in [5.74, 6) is 0.446. The highest BCUT2D eigenvalue weighted by molar-refractivity contribution is 9.10. The van der Waals surface area contributed by atoms with E-state index < -0.39 is 0 Å². The van der Waals surface area contributed by atoms with Crippen LogP contribution in [0.5, 0.6) is 5.75 Å². The predicted molar refractivity (Wildman–Crippen MR) is 108 cm³/mol. The van der Waals surface area contributed by atoms with Crippen LogP contribution in [0.2, 0.25) is 0 Å². The molecule has 0 aliphatic rings. The lowest BCUT2D eigenvalue weighted by Gasteiger charge is -2.09. The van der Waals surface area contributed by atoms with Gasteiger partial charge < -0.3 is 4.74 Å². The number of halogens is 2. The third-order valence-corrected chi connectivity index (χ3v) is 4.79. The standard InChI is InChI=1S/C22H19BrFNO/c1-15-5-3-8-21(16(15)2)25-13-17-9-10-22(20(23)12-17)26-14-18-6-4-7-19(24)11-18/h3-13H,14H2,1-2H3. The molecule has 0 saturated heterocycles. The first kappa shape index (κ1) is 18.3. The average molecular weight is 412 g/mol. The molecule has 0 aromatic heterocycles. The zero-order valence-electron chi connectivity index (χ0n) is 14.7. The van der Waals surface area contributed by atoms with Gasteiger partial charge in [-0.2, -0.15) is 0 Å². The van der Waals surface area contributed by atoms with Crippen LogP contribution >= 0.6 is 15.9 Å². The van der Waals surface area contributed by atoms with E-state index in [0.29, 0.717) is 12.4 Å². The Hall–Kier alpha value is -2.46. The van der Waals surface area contributed by atoms with Crippen LogP contribution in [0.1, 0.15) is 22.3 Å². The Kier molecular flexibility index (Phi) is 5.84. The lowest BCUT2D eigenvalue weighted by molar-refractivity contribution is 0.303. The summed E-state index contributed by atoms with van der Waals surface area (Å²) >= 11 is 3.53. The Bertz CT molecular complexity index is 953. The van der Waals surface area contributed by atoms with Gasteiger partial charge in [0, 0.05) is 6.21 Å². The monoisotopic (exact) mass is 411 g/mol. The van der Waals surface area contributed by atoms with Crippen LogP contribution in [0.25, 0.3) is 0 Å². The molecule has 0 fully saturated rings. The summed E-state index contributed by atoms with van der Waals surface area (Å²) in [5, 5.41) is 0. The third-order valence-electron chi connectivity index (χ3n) is 4.17. The van der Waals surface area contributed by atoms with Crippen LogP contribution in [-0.4, -0.2) is 6.21 Å². The Morgan fingerprint density at radius 1 is 1.04 bits per heavy atom. The fourth-order valence-corrected chi connectivity index (χ4v) is 3.03. The number of hydrogen-bond acceptors (Lipinski definition) is 2. The second kappa shape index (κ2) is 8.28. The van der Waals surface area contributed by atoms with Crippen molar-refractivity contribution in [3.63, 3.8) is 0 Å². The van der Waals surface area contributed by atoms with Gasteiger partial charge in [0.1, 0.15) is 18.2 Å². The molecule has 0 amide bonds. The molecule has 3 aromatic carbocycles. The van der Waals surface area contributed by atoms with Crippen LogP contribution in [0, 0.1) is 19.7 Å². The van der Waals surface area contributed by atoms with Crippen LogP contribution in [-0.2, 0) is 6.61 Å². The molecule has 0 bridgehead atoms. The van der Waals surface area contributed by atoms with Crippen molar-refractivity contribution in [1.29, 1.82) is 0 Å². The van der Waals surface area contributed by atoms with E-state index in [0.717, 1.165) is 21.3 Å². The molecule has 3 rings (SSSR count). The number of aryl methyl sites for hydroxylation is 1. The second-order valence-electron chi connectivity index (χ2n) is 6.09. The van der Waals surface area contributed by atoms with Crippen LogP contribution < -0.4 is 4.74 Å². The molecule has 0 saturated carbocycles. The number of rotatable bonds is 5. The van der Waals surface area contributed by atoms with Crippen molar-refractivity contribution in [1.82, 2.24) is 0 Å². The summed E-state index contributed by atoms with van der Waals surface area (Å²) in [6.07, 6.45) is 1.84. The number of benzene rings is 3. The summed E-state index contributed by atoms with van der Waals surface area (Å²) < 4.78 is 19.8. The minimum Gasteiger partial charge on any atom is -0.488 e. The quantitative estimate of drug-likeness (QED) is 0.437. The summed E-state index contributed by atoms with van der Waals surface area (Å²) in [5.41, 5.74) is 5.13. The van der Waals surface area contributed by atoms with Gasteiger partial charge in [0.05, 0.1) is 10.2 Å². The van der Waals surface area contributed by atoms with E-state index in [2.05, 4.69) is 40.8 Å². The lowest BCUT2D eigenvalue weighted by Crippen LogP contribution is -1.97. The molecule has 0 spiro atoms. The van der Waals surface area contributed by atoms with Gasteiger partial charge in [-0.25, -0.2) is 4.39 Å². The highest BCUT2D eigenvalue weighted by atomic mass is 79.9.